The Hall–Kier alpha value is -2.47. The highest BCUT2D eigenvalue weighted by Crippen LogP contribution is 2.22. The molecule has 1 aliphatic rings. The number of aromatic nitrogens is 4. The lowest BCUT2D eigenvalue weighted by atomic mass is 10.0. The minimum Gasteiger partial charge on any atom is -0.367 e. The van der Waals surface area contributed by atoms with Crippen LogP contribution in [-0.4, -0.2) is 43.8 Å². The molecule has 1 saturated heterocycles. The summed E-state index contributed by atoms with van der Waals surface area (Å²) in [6.45, 7) is 5.40. The Morgan fingerprint density at radius 3 is 2.84 bits per heavy atom. The van der Waals surface area contributed by atoms with Gasteiger partial charge in [0.1, 0.15) is 12.1 Å². The van der Waals surface area contributed by atoms with Gasteiger partial charge in [-0.15, -0.1) is 0 Å². The molecule has 3 aromatic rings. The standard InChI is InChI=1S/C19H24N6/c1-14-4-3-5-15(10-14)12-25-8-6-16(7-9-25)23-18-17-11-22-24(2)19(17)21-13-20-18/h3-5,10-11,13,16H,6-9,12H2,1-2H3,(H,20,21,23). The van der Waals surface area contributed by atoms with Crippen molar-refractivity contribution in [3.8, 4) is 0 Å². The smallest absolute Gasteiger partial charge is 0.163 e. The number of hydrogen-bond acceptors (Lipinski definition) is 5. The first kappa shape index (κ1) is 16.0. The van der Waals surface area contributed by atoms with Gasteiger partial charge in [0.05, 0.1) is 11.6 Å². The van der Waals surface area contributed by atoms with Crippen LogP contribution in [0.3, 0.4) is 0 Å². The number of nitrogens with zero attached hydrogens (tertiary/aromatic N) is 5. The summed E-state index contributed by atoms with van der Waals surface area (Å²) in [4.78, 5) is 11.3. The Kier molecular flexibility index (Phi) is 4.36. The van der Waals surface area contributed by atoms with Crippen LogP contribution in [0.5, 0.6) is 0 Å². The van der Waals surface area contributed by atoms with Crippen molar-refractivity contribution in [1.29, 1.82) is 0 Å². The van der Waals surface area contributed by atoms with Gasteiger partial charge in [0, 0.05) is 32.7 Å². The van der Waals surface area contributed by atoms with E-state index in [2.05, 4.69) is 56.5 Å². The predicted octanol–water partition coefficient (Wildman–Crippen LogP) is 2.75. The SMILES string of the molecule is Cc1cccc(CN2CCC(Nc3ncnc4c3cnn4C)CC2)c1. The van der Waals surface area contributed by atoms with E-state index in [0.29, 0.717) is 6.04 Å². The first-order valence-electron chi connectivity index (χ1n) is 8.86. The van der Waals surface area contributed by atoms with Crippen molar-refractivity contribution in [2.45, 2.75) is 32.4 Å². The summed E-state index contributed by atoms with van der Waals surface area (Å²) in [6.07, 6.45) is 5.69. The number of benzene rings is 1. The molecule has 0 amide bonds. The van der Waals surface area contributed by atoms with Crippen LogP contribution in [-0.2, 0) is 13.6 Å². The second-order valence-corrected chi connectivity index (χ2v) is 6.91. The summed E-state index contributed by atoms with van der Waals surface area (Å²) in [7, 11) is 1.91. The molecule has 0 saturated carbocycles. The van der Waals surface area contributed by atoms with E-state index < -0.39 is 0 Å². The first-order chi connectivity index (χ1) is 12.2. The molecule has 130 valence electrons. The number of likely N-dealkylation sites (tertiary alicyclic amines) is 1. The fourth-order valence-electron chi connectivity index (χ4n) is 3.57. The highest BCUT2D eigenvalue weighted by Gasteiger charge is 2.20. The molecule has 3 heterocycles. The van der Waals surface area contributed by atoms with Gasteiger partial charge in [-0.05, 0) is 25.3 Å². The number of piperidine rings is 1. The molecule has 0 aliphatic carbocycles. The van der Waals surface area contributed by atoms with Crippen molar-refractivity contribution in [3.63, 3.8) is 0 Å². The summed E-state index contributed by atoms with van der Waals surface area (Å²) in [5.74, 6) is 0.898. The third kappa shape index (κ3) is 3.49. The fraction of sp³-hybridized carbons (Fsp3) is 0.421. The summed E-state index contributed by atoms with van der Waals surface area (Å²) in [5, 5.41) is 8.87. The molecule has 0 atom stereocenters. The van der Waals surface area contributed by atoms with Crippen LogP contribution in [0.1, 0.15) is 24.0 Å². The molecular weight excluding hydrogens is 312 g/mol. The van der Waals surface area contributed by atoms with E-state index in [-0.39, 0.29) is 0 Å². The van der Waals surface area contributed by atoms with Crippen molar-refractivity contribution < 1.29 is 0 Å². The van der Waals surface area contributed by atoms with Gasteiger partial charge in [-0.25, -0.2) is 9.97 Å². The van der Waals surface area contributed by atoms with Crippen LogP contribution in [0.2, 0.25) is 0 Å². The average molecular weight is 336 g/mol. The topological polar surface area (TPSA) is 58.9 Å². The quantitative estimate of drug-likeness (QED) is 0.794. The zero-order valence-electron chi connectivity index (χ0n) is 14.8. The van der Waals surface area contributed by atoms with E-state index in [1.807, 2.05) is 13.2 Å². The van der Waals surface area contributed by atoms with Crippen molar-refractivity contribution in [2.24, 2.45) is 7.05 Å². The van der Waals surface area contributed by atoms with Gasteiger partial charge < -0.3 is 5.32 Å². The molecule has 1 N–H and O–H groups in total. The minimum absolute atomic E-state index is 0.451. The molecule has 1 aromatic carbocycles. The van der Waals surface area contributed by atoms with Gasteiger partial charge in [-0.3, -0.25) is 9.58 Å². The van der Waals surface area contributed by atoms with Crippen LogP contribution in [0.15, 0.2) is 36.8 Å². The Morgan fingerprint density at radius 2 is 2.04 bits per heavy atom. The van der Waals surface area contributed by atoms with Crippen LogP contribution in [0.25, 0.3) is 11.0 Å². The summed E-state index contributed by atoms with van der Waals surface area (Å²) < 4.78 is 1.78. The molecule has 0 unspecified atom stereocenters. The molecule has 4 rings (SSSR count). The van der Waals surface area contributed by atoms with Crippen LogP contribution in [0, 0.1) is 6.92 Å². The van der Waals surface area contributed by atoms with Crippen LogP contribution >= 0.6 is 0 Å². The van der Waals surface area contributed by atoms with E-state index in [4.69, 9.17) is 0 Å². The monoisotopic (exact) mass is 336 g/mol. The van der Waals surface area contributed by atoms with Crippen molar-refractivity contribution in [3.05, 3.63) is 47.9 Å². The lowest BCUT2D eigenvalue weighted by Crippen LogP contribution is -2.38. The van der Waals surface area contributed by atoms with Gasteiger partial charge in [0.15, 0.2) is 5.65 Å². The predicted molar refractivity (Wildman–Crippen MR) is 99.4 cm³/mol. The maximum atomic E-state index is 4.42. The Morgan fingerprint density at radius 1 is 1.20 bits per heavy atom. The van der Waals surface area contributed by atoms with Gasteiger partial charge in [0.2, 0.25) is 0 Å². The van der Waals surface area contributed by atoms with Crippen LogP contribution in [0.4, 0.5) is 5.82 Å². The first-order valence-corrected chi connectivity index (χ1v) is 8.86. The number of aryl methyl sites for hydroxylation is 2. The highest BCUT2D eigenvalue weighted by molar-refractivity contribution is 5.86. The Balaban J connectivity index is 1.37. The van der Waals surface area contributed by atoms with Gasteiger partial charge >= 0.3 is 0 Å². The maximum Gasteiger partial charge on any atom is 0.163 e. The zero-order valence-corrected chi connectivity index (χ0v) is 14.8. The Labute approximate surface area is 147 Å². The van der Waals surface area contributed by atoms with Gasteiger partial charge in [0.25, 0.3) is 0 Å². The summed E-state index contributed by atoms with van der Waals surface area (Å²) >= 11 is 0. The summed E-state index contributed by atoms with van der Waals surface area (Å²) in [5.41, 5.74) is 3.60. The molecule has 6 heteroatoms. The fourth-order valence-corrected chi connectivity index (χ4v) is 3.57. The average Bonchev–Trinajstić information content (AvgIpc) is 2.99. The zero-order chi connectivity index (χ0) is 17.2. The van der Waals surface area contributed by atoms with E-state index in [9.17, 15) is 0 Å². The number of fused-ring (bicyclic) bond motifs is 1. The van der Waals surface area contributed by atoms with Crippen LogP contribution < -0.4 is 5.32 Å². The van der Waals surface area contributed by atoms with E-state index in [1.54, 1.807) is 11.0 Å². The Bertz CT molecular complexity index is 863. The third-order valence-corrected chi connectivity index (χ3v) is 4.95. The molecule has 25 heavy (non-hydrogen) atoms. The molecule has 1 fully saturated rings. The molecular formula is C19H24N6. The number of anilines is 1. The number of hydrogen-bond donors (Lipinski definition) is 1. The van der Waals surface area contributed by atoms with Gasteiger partial charge in [-0.1, -0.05) is 29.8 Å². The largest absolute Gasteiger partial charge is 0.367 e. The highest BCUT2D eigenvalue weighted by atomic mass is 15.3. The van der Waals surface area contributed by atoms with E-state index in [1.165, 1.54) is 11.1 Å². The molecule has 2 aromatic heterocycles. The number of nitrogens with one attached hydrogen (secondary N) is 1. The lowest BCUT2D eigenvalue weighted by Gasteiger charge is -2.32. The minimum atomic E-state index is 0.451. The van der Waals surface area contributed by atoms with Crippen molar-refractivity contribution in [1.82, 2.24) is 24.6 Å². The van der Waals surface area contributed by atoms with E-state index in [0.717, 1.165) is 49.3 Å². The molecule has 1 aliphatic heterocycles. The molecule has 0 radical (unpaired) electrons. The summed E-state index contributed by atoms with van der Waals surface area (Å²) in [6, 6.07) is 9.25. The van der Waals surface area contributed by atoms with Gasteiger partial charge in [-0.2, -0.15) is 5.10 Å². The second kappa shape index (κ2) is 6.80. The molecule has 0 spiro atoms. The molecule has 6 nitrogen and oxygen atoms in total. The van der Waals surface area contributed by atoms with E-state index >= 15 is 0 Å². The lowest BCUT2D eigenvalue weighted by molar-refractivity contribution is 0.211. The van der Waals surface area contributed by atoms with Crippen molar-refractivity contribution >= 4 is 16.9 Å². The molecule has 0 bridgehead atoms. The van der Waals surface area contributed by atoms with Crippen molar-refractivity contribution in [2.75, 3.05) is 18.4 Å². The number of rotatable bonds is 4. The second-order valence-electron chi connectivity index (χ2n) is 6.91. The normalized spacial score (nSPS) is 16.4. The third-order valence-electron chi connectivity index (χ3n) is 4.95. The maximum absolute atomic E-state index is 4.42.